The van der Waals surface area contributed by atoms with Gasteiger partial charge in [-0.2, -0.15) is 0 Å². The number of furan rings is 1. The number of aliphatic hydroxyl groups is 1. The molecule has 1 saturated heterocycles. The van der Waals surface area contributed by atoms with E-state index in [0.29, 0.717) is 31.0 Å². The van der Waals surface area contributed by atoms with E-state index in [-0.39, 0.29) is 30.8 Å². The van der Waals surface area contributed by atoms with Crippen molar-refractivity contribution in [2.24, 2.45) is 0 Å². The largest absolute Gasteiger partial charge is 0.459 e. The highest BCUT2D eigenvalue weighted by Gasteiger charge is 2.34. The van der Waals surface area contributed by atoms with Gasteiger partial charge >= 0.3 is 0 Å². The van der Waals surface area contributed by atoms with Crippen LogP contribution in [0, 0.1) is 0 Å². The SMILES string of the molecule is CCOCCN1C(=O)COC[C@@H]1[C@H](O)c1ccc(NC(=O)c2ccco2)cc1. The molecule has 1 aliphatic heterocycles. The predicted octanol–water partition coefficient (Wildman–Crippen LogP) is 1.83. The second kappa shape index (κ2) is 9.50. The number of carbonyl (C=O) groups is 2. The van der Waals surface area contributed by atoms with Crippen LogP contribution in [0.25, 0.3) is 0 Å². The van der Waals surface area contributed by atoms with E-state index in [4.69, 9.17) is 13.9 Å². The lowest BCUT2D eigenvalue weighted by atomic mass is 10.00. The van der Waals surface area contributed by atoms with Gasteiger partial charge in [-0.15, -0.1) is 0 Å². The molecular weight excluding hydrogens is 364 g/mol. The van der Waals surface area contributed by atoms with Crippen molar-refractivity contribution in [3.63, 3.8) is 0 Å². The Hall–Kier alpha value is -2.68. The first kappa shape index (κ1) is 20.1. The molecule has 2 atom stereocenters. The minimum Gasteiger partial charge on any atom is -0.459 e. The second-order valence-electron chi connectivity index (χ2n) is 6.36. The number of aliphatic hydroxyl groups excluding tert-OH is 1. The highest BCUT2D eigenvalue weighted by molar-refractivity contribution is 6.02. The van der Waals surface area contributed by atoms with Crippen molar-refractivity contribution in [1.82, 2.24) is 4.90 Å². The summed E-state index contributed by atoms with van der Waals surface area (Å²) in [6.45, 7) is 3.51. The molecule has 8 nitrogen and oxygen atoms in total. The van der Waals surface area contributed by atoms with E-state index in [1.54, 1.807) is 41.3 Å². The van der Waals surface area contributed by atoms with Crippen molar-refractivity contribution in [1.29, 1.82) is 0 Å². The molecule has 1 aromatic heterocycles. The Morgan fingerprint density at radius 3 is 2.82 bits per heavy atom. The van der Waals surface area contributed by atoms with Crippen LogP contribution >= 0.6 is 0 Å². The van der Waals surface area contributed by atoms with E-state index >= 15 is 0 Å². The van der Waals surface area contributed by atoms with Crippen LogP contribution in [0.5, 0.6) is 0 Å². The lowest BCUT2D eigenvalue weighted by Gasteiger charge is -2.38. The number of morpholine rings is 1. The molecule has 1 aliphatic rings. The van der Waals surface area contributed by atoms with Crippen LogP contribution in [-0.2, 0) is 14.3 Å². The number of amides is 2. The molecule has 8 heteroatoms. The highest BCUT2D eigenvalue weighted by atomic mass is 16.5. The van der Waals surface area contributed by atoms with Crippen molar-refractivity contribution in [3.8, 4) is 0 Å². The van der Waals surface area contributed by atoms with Gasteiger partial charge < -0.3 is 29.2 Å². The Morgan fingerprint density at radius 1 is 1.36 bits per heavy atom. The first-order chi connectivity index (χ1) is 13.6. The Balaban J connectivity index is 1.66. The fraction of sp³-hybridized carbons (Fsp3) is 0.400. The van der Waals surface area contributed by atoms with Crippen molar-refractivity contribution in [2.45, 2.75) is 19.1 Å². The Morgan fingerprint density at radius 2 is 2.14 bits per heavy atom. The van der Waals surface area contributed by atoms with Crippen molar-refractivity contribution in [2.75, 3.05) is 38.3 Å². The summed E-state index contributed by atoms with van der Waals surface area (Å²) in [5.74, 6) is -0.309. The lowest BCUT2D eigenvalue weighted by Crippen LogP contribution is -2.53. The monoisotopic (exact) mass is 388 g/mol. The van der Waals surface area contributed by atoms with Crippen LogP contribution in [0.1, 0.15) is 29.1 Å². The molecule has 2 N–H and O–H groups in total. The average Bonchev–Trinajstić information content (AvgIpc) is 3.24. The van der Waals surface area contributed by atoms with Gasteiger partial charge in [-0.1, -0.05) is 12.1 Å². The number of ether oxygens (including phenoxy) is 2. The molecule has 2 amide bonds. The fourth-order valence-electron chi connectivity index (χ4n) is 3.07. The van der Waals surface area contributed by atoms with Crippen LogP contribution in [0.3, 0.4) is 0 Å². The van der Waals surface area contributed by atoms with Gasteiger partial charge in [-0.25, -0.2) is 0 Å². The molecule has 0 bridgehead atoms. The zero-order chi connectivity index (χ0) is 19.9. The van der Waals surface area contributed by atoms with Gasteiger partial charge in [0.1, 0.15) is 12.7 Å². The summed E-state index contributed by atoms with van der Waals surface area (Å²) in [5.41, 5.74) is 1.20. The number of hydrogen-bond donors (Lipinski definition) is 2. The van der Waals surface area contributed by atoms with Gasteiger partial charge in [0.2, 0.25) is 5.91 Å². The third-order valence-corrected chi connectivity index (χ3v) is 4.53. The van der Waals surface area contributed by atoms with Gasteiger partial charge in [0.15, 0.2) is 5.76 Å². The molecule has 0 aliphatic carbocycles. The molecule has 1 aromatic carbocycles. The summed E-state index contributed by atoms with van der Waals surface area (Å²) in [6.07, 6.45) is 0.514. The van der Waals surface area contributed by atoms with Crippen LogP contribution in [0.4, 0.5) is 5.69 Å². The van der Waals surface area contributed by atoms with E-state index in [9.17, 15) is 14.7 Å². The normalized spacial score (nSPS) is 18.1. The molecule has 1 fully saturated rings. The smallest absolute Gasteiger partial charge is 0.291 e. The minimum atomic E-state index is -0.916. The fourth-order valence-corrected chi connectivity index (χ4v) is 3.07. The Labute approximate surface area is 163 Å². The quantitative estimate of drug-likeness (QED) is 0.669. The molecule has 0 radical (unpaired) electrons. The summed E-state index contributed by atoms with van der Waals surface area (Å²) >= 11 is 0. The van der Waals surface area contributed by atoms with Gasteiger partial charge in [-0.3, -0.25) is 9.59 Å². The number of hydrogen-bond acceptors (Lipinski definition) is 6. The van der Waals surface area contributed by atoms with E-state index in [1.165, 1.54) is 6.26 Å². The van der Waals surface area contributed by atoms with Crippen molar-refractivity contribution < 1.29 is 28.6 Å². The minimum absolute atomic E-state index is 0.00704. The third kappa shape index (κ3) is 4.78. The highest BCUT2D eigenvalue weighted by Crippen LogP contribution is 2.25. The number of benzene rings is 1. The first-order valence-corrected chi connectivity index (χ1v) is 9.18. The van der Waals surface area contributed by atoms with Gasteiger partial charge in [0.05, 0.1) is 25.5 Å². The average molecular weight is 388 g/mol. The maximum absolute atomic E-state index is 12.2. The molecule has 28 heavy (non-hydrogen) atoms. The van der Waals surface area contributed by atoms with E-state index < -0.39 is 12.1 Å². The maximum Gasteiger partial charge on any atom is 0.291 e. The van der Waals surface area contributed by atoms with Crippen molar-refractivity contribution in [3.05, 3.63) is 54.0 Å². The number of carbonyl (C=O) groups excluding carboxylic acids is 2. The zero-order valence-corrected chi connectivity index (χ0v) is 15.7. The Kier molecular flexibility index (Phi) is 6.80. The summed E-state index contributed by atoms with van der Waals surface area (Å²) in [6, 6.07) is 9.52. The zero-order valence-electron chi connectivity index (χ0n) is 15.7. The number of nitrogens with zero attached hydrogens (tertiary/aromatic N) is 1. The molecule has 0 saturated carbocycles. The molecule has 0 unspecified atom stereocenters. The number of anilines is 1. The van der Waals surface area contributed by atoms with Gasteiger partial charge in [-0.05, 0) is 36.8 Å². The first-order valence-electron chi connectivity index (χ1n) is 9.18. The topological polar surface area (TPSA) is 101 Å². The number of rotatable bonds is 8. The molecule has 2 heterocycles. The number of nitrogens with one attached hydrogen (secondary N) is 1. The summed E-state index contributed by atoms with van der Waals surface area (Å²) in [5, 5.41) is 13.5. The van der Waals surface area contributed by atoms with E-state index in [0.717, 1.165) is 0 Å². The van der Waals surface area contributed by atoms with Gasteiger partial charge in [0.25, 0.3) is 5.91 Å². The molecule has 0 spiro atoms. The van der Waals surface area contributed by atoms with Gasteiger partial charge in [0, 0.05) is 18.8 Å². The van der Waals surface area contributed by atoms with Crippen LogP contribution in [0.2, 0.25) is 0 Å². The van der Waals surface area contributed by atoms with E-state index in [2.05, 4.69) is 5.32 Å². The Bertz CT molecular complexity index is 775. The predicted molar refractivity (Wildman–Crippen MR) is 101 cm³/mol. The van der Waals surface area contributed by atoms with Crippen LogP contribution in [0.15, 0.2) is 47.1 Å². The summed E-state index contributed by atoms with van der Waals surface area (Å²) in [4.78, 5) is 25.8. The third-order valence-electron chi connectivity index (χ3n) is 4.53. The summed E-state index contributed by atoms with van der Waals surface area (Å²) < 4.78 is 15.7. The van der Waals surface area contributed by atoms with E-state index in [1.807, 2.05) is 6.92 Å². The van der Waals surface area contributed by atoms with Crippen LogP contribution < -0.4 is 5.32 Å². The van der Waals surface area contributed by atoms with Crippen molar-refractivity contribution >= 4 is 17.5 Å². The molecule has 3 rings (SSSR count). The second-order valence-corrected chi connectivity index (χ2v) is 6.36. The van der Waals surface area contributed by atoms with Crippen LogP contribution in [-0.4, -0.2) is 60.8 Å². The summed E-state index contributed by atoms with van der Waals surface area (Å²) in [7, 11) is 0. The standard InChI is InChI=1S/C20H24N2O6/c1-2-26-11-9-22-16(12-27-13-18(22)23)19(24)14-5-7-15(8-6-14)21-20(25)17-4-3-10-28-17/h3-8,10,16,19,24H,2,9,11-13H2,1H3,(H,21,25)/t16-,19-/m1/s1. The lowest BCUT2D eigenvalue weighted by molar-refractivity contribution is -0.155. The molecule has 150 valence electrons. The molecular formula is C20H24N2O6. The molecule has 2 aromatic rings. The maximum atomic E-state index is 12.2.